The first kappa shape index (κ1) is 24.1. The van der Waals surface area contributed by atoms with Crippen molar-refractivity contribution >= 4 is 52.9 Å². The van der Waals surface area contributed by atoms with Crippen LogP contribution in [0.4, 0.5) is 0 Å². The van der Waals surface area contributed by atoms with E-state index in [-0.39, 0.29) is 10.3 Å². The van der Waals surface area contributed by atoms with E-state index < -0.39 is 9.84 Å². The maximum Gasteiger partial charge on any atom is 0.206 e. The zero-order valence-corrected chi connectivity index (χ0v) is 22.9. The molecule has 0 aliphatic carbocycles. The van der Waals surface area contributed by atoms with Crippen molar-refractivity contribution in [1.29, 1.82) is 0 Å². The quantitative estimate of drug-likeness (QED) is 0.226. The molecule has 35 heavy (non-hydrogen) atoms. The molecule has 0 radical (unpaired) electrons. The Hall–Kier alpha value is -2.61. The Morgan fingerprint density at radius 2 is 1.40 bits per heavy atom. The highest BCUT2D eigenvalue weighted by Gasteiger charge is 2.24. The highest BCUT2D eigenvalue weighted by Crippen LogP contribution is 2.37. The first-order valence-corrected chi connectivity index (χ1v) is 14.9. The van der Waals surface area contributed by atoms with Gasteiger partial charge < -0.3 is 0 Å². The van der Waals surface area contributed by atoms with Gasteiger partial charge in [-0.2, -0.15) is 0 Å². The Kier molecular flexibility index (Phi) is 6.06. The van der Waals surface area contributed by atoms with E-state index in [9.17, 15) is 8.42 Å². The van der Waals surface area contributed by atoms with Crippen LogP contribution in [0.1, 0.15) is 57.5 Å². The summed E-state index contributed by atoms with van der Waals surface area (Å²) < 4.78 is 28.8. The standard InChI is InChI=1S/C28H28N2O2S3/c1-6-28(4,5)27-30-23-14-12-21(16-25(23)34-27)35(31,32)20-11-13-22-24(15-20)33-26(29-22)19-9-7-18(8-10-19)17(2)3/h7-17H,6H2,1-5H3. The third kappa shape index (κ3) is 4.41. The lowest BCUT2D eigenvalue weighted by Crippen LogP contribution is -2.14. The second kappa shape index (κ2) is 8.80. The largest absolute Gasteiger partial charge is 0.241 e. The van der Waals surface area contributed by atoms with Gasteiger partial charge in [-0.25, -0.2) is 18.4 Å². The van der Waals surface area contributed by atoms with Crippen molar-refractivity contribution in [3.8, 4) is 10.6 Å². The molecule has 4 nitrogen and oxygen atoms in total. The molecule has 5 rings (SSSR count). The van der Waals surface area contributed by atoms with E-state index in [0.717, 1.165) is 42.4 Å². The average molecular weight is 521 g/mol. The van der Waals surface area contributed by atoms with Gasteiger partial charge in [-0.1, -0.05) is 58.9 Å². The minimum absolute atomic E-state index is 0.0350. The van der Waals surface area contributed by atoms with Crippen LogP contribution in [-0.4, -0.2) is 18.4 Å². The van der Waals surface area contributed by atoms with Gasteiger partial charge in [0.1, 0.15) is 5.01 Å². The topological polar surface area (TPSA) is 59.9 Å². The third-order valence-electron chi connectivity index (χ3n) is 6.63. The van der Waals surface area contributed by atoms with Crippen molar-refractivity contribution in [3.05, 3.63) is 71.2 Å². The fourth-order valence-corrected chi connectivity index (χ4v) is 7.50. The van der Waals surface area contributed by atoms with Crippen LogP contribution < -0.4 is 0 Å². The molecule has 0 spiro atoms. The van der Waals surface area contributed by atoms with Crippen LogP contribution in [0, 0.1) is 0 Å². The number of nitrogens with zero attached hydrogens (tertiary/aromatic N) is 2. The minimum atomic E-state index is -3.67. The molecule has 180 valence electrons. The summed E-state index contributed by atoms with van der Waals surface area (Å²) in [4.78, 5) is 10.1. The summed E-state index contributed by atoms with van der Waals surface area (Å²) in [5.41, 5.74) is 3.94. The minimum Gasteiger partial charge on any atom is -0.241 e. The summed E-state index contributed by atoms with van der Waals surface area (Å²) in [5, 5.41) is 1.92. The highest BCUT2D eigenvalue weighted by molar-refractivity contribution is 7.91. The molecule has 0 fully saturated rings. The van der Waals surface area contributed by atoms with Gasteiger partial charge in [0.15, 0.2) is 0 Å². The number of sulfone groups is 1. The molecular weight excluding hydrogens is 493 g/mol. The van der Waals surface area contributed by atoms with Crippen molar-refractivity contribution in [1.82, 2.24) is 9.97 Å². The molecule has 0 aliphatic heterocycles. The molecule has 0 N–H and O–H groups in total. The Labute approximate surface area is 214 Å². The molecule has 2 aromatic heterocycles. The fraction of sp³-hybridized carbons (Fsp3) is 0.286. The number of benzene rings is 3. The molecule has 0 aliphatic rings. The number of thiazole rings is 2. The Morgan fingerprint density at radius 1 is 0.829 bits per heavy atom. The van der Waals surface area contributed by atoms with E-state index in [1.165, 1.54) is 16.9 Å². The predicted molar refractivity (Wildman–Crippen MR) is 148 cm³/mol. The van der Waals surface area contributed by atoms with Crippen molar-refractivity contribution in [3.63, 3.8) is 0 Å². The number of fused-ring (bicyclic) bond motifs is 2. The predicted octanol–water partition coefficient (Wildman–Crippen LogP) is 8.22. The molecular formula is C28H28N2O2S3. The monoisotopic (exact) mass is 520 g/mol. The van der Waals surface area contributed by atoms with Crippen LogP contribution in [0.25, 0.3) is 31.0 Å². The number of rotatable bonds is 6. The van der Waals surface area contributed by atoms with Crippen LogP contribution in [-0.2, 0) is 15.3 Å². The molecule has 0 bridgehead atoms. The molecule has 3 aromatic carbocycles. The Balaban J connectivity index is 1.51. The van der Waals surface area contributed by atoms with E-state index >= 15 is 0 Å². The van der Waals surface area contributed by atoms with Gasteiger partial charge in [0.25, 0.3) is 0 Å². The van der Waals surface area contributed by atoms with Gasteiger partial charge in [0.05, 0.1) is 35.2 Å². The van der Waals surface area contributed by atoms with Crippen molar-refractivity contribution in [2.75, 3.05) is 0 Å². The number of aromatic nitrogens is 2. The van der Waals surface area contributed by atoms with E-state index in [4.69, 9.17) is 9.97 Å². The van der Waals surface area contributed by atoms with Gasteiger partial charge in [0, 0.05) is 11.0 Å². The van der Waals surface area contributed by atoms with E-state index in [1.807, 2.05) is 6.07 Å². The molecule has 2 heterocycles. The summed E-state index contributed by atoms with van der Waals surface area (Å²) in [7, 11) is -3.67. The summed E-state index contributed by atoms with van der Waals surface area (Å²) in [5.74, 6) is 0.473. The lowest BCUT2D eigenvalue weighted by atomic mass is 9.91. The summed E-state index contributed by atoms with van der Waals surface area (Å²) in [6.07, 6.45) is 0.969. The van der Waals surface area contributed by atoms with Gasteiger partial charge in [-0.15, -0.1) is 22.7 Å². The van der Waals surface area contributed by atoms with Crippen LogP contribution in [0.2, 0.25) is 0 Å². The van der Waals surface area contributed by atoms with Gasteiger partial charge >= 0.3 is 0 Å². The van der Waals surface area contributed by atoms with E-state index in [0.29, 0.717) is 10.8 Å². The van der Waals surface area contributed by atoms with Crippen molar-refractivity contribution < 1.29 is 8.42 Å². The smallest absolute Gasteiger partial charge is 0.206 e. The molecule has 0 unspecified atom stereocenters. The highest BCUT2D eigenvalue weighted by atomic mass is 32.2. The molecule has 0 saturated carbocycles. The van der Waals surface area contributed by atoms with Crippen molar-refractivity contribution in [2.45, 2.75) is 62.2 Å². The molecule has 0 atom stereocenters. The van der Waals surface area contributed by atoms with Gasteiger partial charge in [0.2, 0.25) is 9.84 Å². The lowest BCUT2D eigenvalue weighted by Gasteiger charge is -2.18. The number of hydrogen-bond donors (Lipinski definition) is 0. The fourth-order valence-electron chi connectivity index (χ4n) is 3.86. The number of hydrogen-bond acceptors (Lipinski definition) is 6. The summed E-state index contributed by atoms with van der Waals surface area (Å²) in [6, 6.07) is 18.9. The first-order valence-electron chi connectivity index (χ1n) is 11.8. The van der Waals surface area contributed by atoms with Crippen LogP contribution >= 0.6 is 22.7 Å². The van der Waals surface area contributed by atoms with Crippen LogP contribution in [0.15, 0.2) is 70.5 Å². The van der Waals surface area contributed by atoms with Gasteiger partial charge in [-0.05, 0) is 54.3 Å². The second-order valence-electron chi connectivity index (χ2n) is 9.81. The maximum atomic E-state index is 13.5. The average Bonchev–Trinajstić information content (AvgIpc) is 3.48. The third-order valence-corrected chi connectivity index (χ3v) is 10.8. The Morgan fingerprint density at radius 3 is 1.97 bits per heavy atom. The van der Waals surface area contributed by atoms with Crippen LogP contribution in [0.5, 0.6) is 0 Å². The van der Waals surface area contributed by atoms with E-state index in [1.54, 1.807) is 41.7 Å². The lowest BCUT2D eigenvalue weighted by molar-refractivity contribution is 0.504. The van der Waals surface area contributed by atoms with Gasteiger partial charge in [-0.3, -0.25) is 0 Å². The summed E-state index contributed by atoms with van der Waals surface area (Å²) >= 11 is 3.09. The molecule has 7 heteroatoms. The maximum absolute atomic E-state index is 13.5. The SMILES string of the molecule is CCC(C)(C)c1nc2ccc(S(=O)(=O)c3ccc4nc(-c5ccc(C(C)C)cc5)sc4c3)cc2s1. The zero-order chi connectivity index (χ0) is 25.0. The molecule has 0 amide bonds. The molecule has 5 aromatic rings. The van der Waals surface area contributed by atoms with E-state index in [2.05, 4.69) is 58.9 Å². The summed E-state index contributed by atoms with van der Waals surface area (Å²) in [6.45, 7) is 10.8. The van der Waals surface area contributed by atoms with Crippen LogP contribution in [0.3, 0.4) is 0 Å². The zero-order valence-electron chi connectivity index (χ0n) is 20.5. The Bertz CT molecular complexity index is 1640. The first-order chi connectivity index (χ1) is 16.6. The second-order valence-corrected chi connectivity index (χ2v) is 13.8. The molecule has 0 saturated heterocycles. The normalized spacial score (nSPS) is 12.7. The van der Waals surface area contributed by atoms with Crippen molar-refractivity contribution in [2.24, 2.45) is 0 Å².